The number of aromatic amines is 1. The van der Waals surface area contributed by atoms with Gasteiger partial charge in [-0.3, -0.25) is 19.4 Å². The Morgan fingerprint density at radius 2 is 2.00 bits per heavy atom. The first-order valence-corrected chi connectivity index (χ1v) is 17.3. The maximum Gasteiger partial charge on any atom is 0.279 e. The van der Waals surface area contributed by atoms with Gasteiger partial charge in [-0.05, 0) is 49.8 Å². The molecule has 0 aliphatic carbocycles. The van der Waals surface area contributed by atoms with Crippen LogP contribution in [0, 0.1) is 5.92 Å². The second kappa shape index (κ2) is 10.5. The molecule has 0 saturated carbocycles. The summed E-state index contributed by atoms with van der Waals surface area (Å²) in [5.41, 5.74) is 1.63. The van der Waals surface area contributed by atoms with Crippen molar-refractivity contribution in [2.24, 2.45) is 5.92 Å². The molecule has 3 N–H and O–H groups in total. The molecule has 4 aromatic rings. The van der Waals surface area contributed by atoms with Crippen molar-refractivity contribution in [3.63, 3.8) is 0 Å². The molecule has 0 bridgehead atoms. The number of rotatable bonds is 9. The Kier molecular flexibility index (Phi) is 7.04. The van der Waals surface area contributed by atoms with Crippen LogP contribution in [0.5, 0.6) is 0 Å². The summed E-state index contributed by atoms with van der Waals surface area (Å²) in [4.78, 5) is 40.9. The van der Waals surface area contributed by atoms with Gasteiger partial charge in [0.05, 0.1) is 34.1 Å². The Labute approximate surface area is 244 Å². The lowest BCUT2D eigenvalue weighted by Crippen LogP contribution is -2.46. The largest absolute Gasteiger partial charge is 0.432 e. The number of nitrogens with zero attached hydrogens (tertiary/aromatic N) is 5. The molecule has 42 heavy (non-hydrogen) atoms. The molecule has 12 heteroatoms. The summed E-state index contributed by atoms with van der Waals surface area (Å²) in [6.45, 7) is 10.4. The van der Waals surface area contributed by atoms with Gasteiger partial charge < -0.3 is 19.5 Å². The number of nitrogens with one attached hydrogen (secondary N) is 1. The third-order valence-electron chi connectivity index (χ3n) is 8.73. The van der Waals surface area contributed by atoms with Gasteiger partial charge in [-0.2, -0.15) is 0 Å². The average molecular weight is 589 g/mol. The molecule has 4 atom stereocenters. The van der Waals surface area contributed by atoms with Crippen LogP contribution in [-0.2, 0) is 28.1 Å². The van der Waals surface area contributed by atoms with E-state index in [1.807, 2.05) is 56.4 Å². The number of benzene rings is 2. The van der Waals surface area contributed by atoms with Crippen molar-refractivity contribution in [1.82, 2.24) is 24.8 Å². The van der Waals surface area contributed by atoms with Crippen LogP contribution in [0.4, 0.5) is 5.69 Å². The predicted molar refractivity (Wildman–Crippen MR) is 161 cm³/mol. The molecular weight excluding hydrogens is 552 g/mol. The predicted octanol–water partition coefficient (Wildman–Crippen LogP) is 2.87. The van der Waals surface area contributed by atoms with Gasteiger partial charge in [0.2, 0.25) is 0 Å². The molecule has 1 amide bonds. The normalized spacial score (nSPS) is 23.8. The van der Waals surface area contributed by atoms with Crippen molar-refractivity contribution in [3.05, 3.63) is 82.9 Å². The smallest absolute Gasteiger partial charge is 0.279 e. The molecule has 11 nitrogen and oxygen atoms in total. The van der Waals surface area contributed by atoms with Crippen LogP contribution in [0.25, 0.3) is 16.6 Å². The van der Waals surface area contributed by atoms with E-state index in [9.17, 15) is 19.5 Å². The summed E-state index contributed by atoms with van der Waals surface area (Å²) >= 11 is 0. The third-order valence-corrected chi connectivity index (χ3v) is 11.2. The zero-order valence-electron chi connectivity index (χ0n) is 24.0. The minimum Gasteiger partial charge on any atom is -0.432 e. The second-order valence-electron chi connectivity index (χ2n) is 11.8. The number of hydrogen-bond donors (Lipinski definition) is 3. The number of carbonyl (C=O) groups excluding carboxylic acids is 1. The maximum absolute atomic E-state index is 14.4. The molecule has 4 heterocycles. The summed E-state index contributed by atoms with van der Waals surface area (Å²) in [7, 11) is -2.85. The summed E-state index contributed by atoms with van der Waals surface area (Å²) in [6.07, 6.45) is 4.00. The summed E-state index contributed by atoms with van der Waals surface area (Å²) in [5.74, 6) is -0.534. The standard InChI is InChI=1S/C30H36N6O5Si/c1-5-14-35-25-11-10-21(36-28(38)22-8-6-7-9-24(22)32-36)17-23(25)30(29(35)39)19(2)27(42(3,4)40)26(41-30)12-15-34-18-20(13-16-37)31-33-34/h5-11,17-19,26-27,32,37,40H,1,12-16H2,2-4H3/t19-,26+,27-,30+/m1/s1. The zero-order chi connectivity index (χ0) is 29.8. The first-order valence-electron chi connectivity index (χ1n) is 14.3. The van der Waals surface area contributed by atoms with E-state index in [-0.39, 0.29) is 29.5 Å². The topological polar surface area (TPSA) is 138 Å². The molecule has 2 aliphatic rings. The Bertz CT molecular complexity index is 1720. The van der Waals surface area contributed by atoms with Gasteiger partial charge in [0.25, 0.3) is 11.5 Å². The van der Waals surface area contributed by atoms with E-state index < -0.39 is 20.0 Å². The van der Waals surface area contributed by atoms with Crippen LogP contribution in [0.2, 0.25) is 18.6 Å². The highest BCUT2D eigenvalue weighted by Gasteiger charge is 2.66. The molecule has 220 valence electrons. The number of aryl methyl sites for hydroxylation is 1. The van der Waals surface area contributed by atoms with Crippen molar-refractivity contribution in [3.8, 4) is 5.69 Å². The van der Waals surface area contributed by atoms with Gasteiger partial charge in [0.15, 0.2) is 13.9 Å². The fourth-order valence-corrected chi connectivity index (χ4v) is 9.56. The van der Waals surface area contributed by atoms with Crippen LogP contribution in [0.3, 0.4) is 0 Å². The highest BCUT2D eigenvalue weighted by atomic mass is 28.4. The zero-order valence-corrected chi connectivity index (χ0v) is 25.0. The summed E-state index contributed by atoms with van der Waals surface area (Å²) in [5, 5.41) is 21.3. The van der Waals surface area contributed by atoms with Gasteiger partial charge in [0.1, 0.15) is 0 Å². The molecule has 6 rings (SSSR count). The van der Waals surface area contributed by atoms with Crippen LogP contribution in [-0.4, -0.2) is 68.2 Å². The Morgan fingerprint density at radius 1 is 1.21 bits per heavy atom. The van der Waals surface area contributed by atoms with E-state index in [0.29, 0.717) is 53.9 Å². The molecule has 2 aromatic heterocycles. The van der Waals surface area contributed by atoms with Crippen LogP contribution in [0.15, 0.2) is 66.1 Å². The fourth-order valence-electron chi connectivity index (χ4n) is 6.96. The number of ether oxygens (including phenoxy) is 1. The highest BCUT2D eigenvalue weighted by molar-refractivity contribution is 6.71. The molecule has 0 radical (unpaired) electrons. The van der Waals surface area contributed by atoms with E-state index in [0.717, 1.165) is 5.52 Å². The molecule has 0 unspecified atom stereocenters. The Balaban J connectivity index is 1.43. The lowest BCUT2D eigenvalue weighted by Gasteiger charge is -2.32. The summed E-state index contributed by atoms with van der Waals surface area (Å²) < 4.78 is 10.1. The minimum absolute atomic E-state index is 0.00775. The van der Waals surface area contributed by atoms with Crippen molar-refractivity contribution >= 4 is 30.8 Å². The summed E-state index contributed by atoms with van der Waals surface area (Å²) in [6, 6.07) is 12.9. The monoisotopic (exact) mass is 588 g/mol. The third kappa shape index (κ3) is 4.37. The lowest BCUT2D eigenvalue weighted by atomic mass is 9.82. The van der Waals surface area contributed by atoms with Gasteiger partial charge in [-0.25, -0.2) is 4.68 Å². The Morgan fingerprint density at radius 3 is 2.71 bits per heavy atom. The number of hydrogen-bond acceptors (Lipinski definition) is 7. The number of aliphatic hydroxyl groups excluding tert-OH is 1. The molecule has 2 aromatic carbocycles. The van der Waals surface area contributed by atoms with E-state index in [1.54, 1.807) is 27.9 Å². The van der Waals surface area contributed by atoms with Crippen LogP contribution in [0.1, 0.15) is 24.6 Å². The molecular formula is C30H36N6O5Si. The molecule has 1 saturated heterocycles. The van der Waals surface area contributed by atoms with Crippen molar-refractivity contribution in [2.45, 2.75) is 56.7 Å². The maximum atomic E-state index is 14.4. The molecule has 1 fully saturated rings. The van der Waals surface area contributed by atoms with Gasteiger partial charge >= 0.3 is 0 Å². The number of aromatic nitrogens is 5. The number of amides is 1. The first kappa shape index (κ1) is 28.3. The van der Waals surface area contributed by atoms with Crippen molar-refractivity contribution in [2.75, 3.05) is 18.1 Å². The number of fused-ring (bicyclic) bond motifs is 3. The fraction of sp³-hybridized carbons (Fsp3) is 0.400. The number of aliphatic hydroxyl groups is 1. The number of para-hydroxylation sites is 1. The van der Waals surface area contributed by atoms with E-state index >= 15 is 0 Å². The minimum atomic E-state index is -2.85. The molecule has 1 spiro atoms. The van der Waals surface area contributed by atoms with E-state index in [1.165, 1.54) is 4.68 Å². The van der Waals surface area contributed by atoms with E-state index in [4.69, 9.17) is 4.74 Å². The second-order valence-corrected chi connectivity index (χ2v) is 15.8. The first-order chi connectivity index (χ1) is 20.1. The number of carbonyl (C=O) groups is 1. The van der Waals surface area contributed by atoms with Gasteiger partial charge in [-0.15, -0.1) is 11.7 Å². The van der Waals surface area contributed by atoms with Gasteiger partial charge in [-0.1, -0.05) is 30.3 Å². The van der Waals surface area contributed by atoms with Gasteiger partial charge in [0, 0.05) is 49.3 Å². The van der Waals surface area contributed by atoms with Crippen molar-refractivity contribution < 1.29 is 19.4 Å². The number of anilines is 1. The van der Waals surface area contributed by atoms with Crippen LogP contribution < -0.4 is 10.5 Å². The lowest BCUT2D eigenvalue weighted by molar-refractivity contribution is -0.145. The SMILES string of the molecule is C=CCN1C(=O)[C@@]2(O[C@@H](CCn3cc(CCO)nn3)[C@H]([Si](C)(C)O)[C@H]2C)c2cc(-n3[nH]c4ccccc4c3=O)ccc21. The van der Waals surface area contributed by atoms with Crippen LogP contribution >= 0.6 is 0 Å². The average Bonchev–Trinajstić information content (AvgIpc) is 3.68. The quantitative estimate of drug-likeness (QED) is 0.202. The highest BCUT2D eigenvalue weighted by Crippen LogP contribution is 2.59. The van der Waals surface area contributed by atoms with Crippen molar-refractivity contribution in [1.29, 1.82) is 0 Å². The van der Waals surface area contributed by atoms with E-state index in [2.05, 4.69) is 22.0 Å². The number of H-pyrrole nitrogens is 1. The Hall–Kier alpha value is -3.84. The molecule has 2 aliphatic heterocycles.